The summed E-state index contributed by atoms with van der Waals surface area (Å²) in [6.45, 7) is 6.93. The second-order valence-electron chi connectivity index (χ2n) is 14.3. The van der Waals surface area contributed by atoms with E-state index in [9.17, 15) is 40.8 Å². The van der Waals surface area contributed by atoms with Gasteiger partial charge >= 0.3 is 11.9 Å². The number of rotatable bonds is 22. The van der Waals surface area contributed by atoms with Crippen molar-refractivity contribution in [2.75, 3.05) is 50.8 Å². The fourth-order valence-corrected chi connectivity index (χ4v) is 9.74. The van der Waals surface area contributed by atoms with Crippen LogP contribution in [0.5, 0.6) is 0 Å². The number of likely N-dealkylation sites (N-methyl/N-ethyl adjacent to an activating group) is 1. The molecule has 0 spiro atoms. The van der Waals surface area contributed by atoms with E-state index in [-0.39, 0.29) is 30.8 Å². The fourth-order valence-electron chi connectivity index (χ4n) is 7.84. The lowest BCUT2D eigenvalue weighted by molar-refractivity contribution is -0.437. The zero-order valence-corrected chi connectivity index (χ0v) is 35.7. The summed E-state index contributed by atoms with van der Waals surface area (Å²) in [5, 5.41) is 19.0. The van der Waals surface area contributed by atoms with Crippen molar-refractivity contribution in [3.63, 3.8) is 0 Å². The summed E-state index contributed by atoms with van der Waals surface area (Å²) < 4.78 is 78.1. The Morgan fingerprint density at radius 3 is 2.12 bits per heavy atom. The second-order valence-corrected chi connectivity index (χ2v) is 19.3. The Balaban J connectivity index is 1.79. The van der Waals surface area contributed by atoms with E-state index in [0.29, 0.717) is 49.2 Å². The highest BCUT2D eigenvalue weighted by molar-refractivity contribution is 7.86. The smallest absolute Gasteiger partial charge is 0.307 e. The minimum absolute atomic E-state index is 0.0638. The quantitative estimate of drug-likeness (QED) is 0.0857. The van der Waals surface area contributed by atoms with Crippen molar-refractivity contribution in [3.8, 4) is 0 Å². The molecule has 0 aliphatic carbocycles. The van der Waals surface area contributed by atoms with Crippen molar-refractivity contribution in [2.24, 2.45) is 0 Å². The highest BCUT2D eigenvalue weighted by Gasteiger charge is 2.48. The lowest BCUT2D eigenvalue weighted by atomic mass is 9.74. The van der Waals surface area contributed by atoms with E-state index in [4.69, 9.17) is 8.37 Å². The minimum Gasteiger partial charge on any atom is -0.481 e. The van der Waals surface area contributed by atoms with E-state index >= 15 is 0 Å². The fraction of sp³-hybridized carbons (Fsp3) is 0.475. The van der Waals surface area contributed by atoms with Crippen molar-refractivity contribution >= 4 is 60.3 Å². The number of allylic oxidation sites excluding steroid dienone is 6. The molecule has 2 aromatic rings. The molecule has 0 fully saturated rings. The number of fused-ring (bicyclic) bond motifs is 2. The molecule has 17 heteroatoms. The van der Waals surface area contributed by atoms with Gasteiger partial charge in [-0.3, -0.25) is 22.1 Å². The Bertz CT molecular complexity index is 2210. The average Bonchev–Trinajstić information content (AvgIpc) is 3.53. The van der Waals surface area contributed by atoms with Crippen LogP contribution in [0.25, 0.3) is 0 Å². The number of carbonyl (C=O) groups is 2. The van der Waals surface area contributed by atoms with Gasteiger partial charge in [0.1, 0.15) is 6.54 Å². The Labute approximate surface area is 338 Å². The van der Waals surface area contributed by atoms with Crippen molar-refractivity contribution in [1.82, 2.24) is 0 Å². The molecule has 2 aromatic carbocycles. The minimum atomic E-state index is -3.73. The van der Waals surface area contributed by atoms with Crippen LogP contribution in [0, 0.1) is 0 Å². The van der Waals surface area contributed by atoms with Gasteiger partial charge in [-0.2, -0.15) is 21.4 Å². The van der Waals surface area contributed by atoms with E-state index in [0.717, 1.165) is 48.1 Å². The molecule has 0 saturated heterocycles. The van der Waals surface area contributed by atoms with Gasteiger partial charge in [0.15, 0.2) is 16.8 Å². The monoisotopic (exact) mass is 849 g/mol. The maximum absolute atomic E-state index is 12.7. The van der Waals surface area contributed by atoms with Crippen LogP contribution < -0.4 is 4.90 Å². The maximum atomic E-state index is 12.7. The number of benzene rings is 2. The SMILES string of the molecule is CCN1/C(=C/C=C/C=C/C2=[N+](CCCS(=O)(=O)OC)c3ccc(CC(=O)O)cc3C2(C)CCCC(=O)O)C(C)(CCCS(=O)(=O)OC)c2cc(S(=O)OC)ccc21. The van der Waals surface area contributed by atoms with E-state index in [1.807, 2.05) is 80.0 Å². The first-order valence-electron chi connectivity index (χ1n) is 18.6. The zero-order valence-electron chi connectivity index (χ0n) is 33.2. The van der Waals surface area contributed by atoms with Gasteiger partial charge in [0.05, 0.1) is 49.6 Å². The Hall–Kier alpha value is -4.00. The number of hydrogen-bond donors (Lipinski definition) is 2. The molecule has 2 aliphatic heterocycles. The largest absolute Gasteiger partial charge is 0.481 e. The molecule has 57 heavy (non-hydrogen) atoms. The van der Waals surface area contributed by atoms with Gasteiger partial charge in [-0.1, -0.05) is 24.3 Å². The molecule has 2 heterocycles. The van der Waals surface area contributed by atoms with Gasteiger partial charge in [-0.05, 0) is 87.9 Å². The highest BCUT2D eigenvalue weighted by atomic mass is 32.2. The zero-order chi connectivity index (χ0) is 42.2. The summed E-state index contributed by atoms with van der Waals surface area (Å²) in [4.78, 5) is 25.8. The molecule has 3 unspecified atom stereocenters. The highest BCUT2D eigenvalue weighted by Crippen LogP contribution is 2.51. The number of anilines is 1. The predicted octanol–water partition coefficient (Wildman–Crippen LogP) is 5.51. The summed E-state index contributed by atoms with van der Waals surface area (Å²) in [7, 11) is -3.81. The van der Waals surface area contributed by atoms with E-state index < -0.39 is 54.1 Å². The molecule has 0 bridgehead atoms. The van der Waals surface area contributed by atoms with Crippen molar-refractivity contribution < 1.29 is 58.0 Å². The molecule has 4 rings (SSSR count). The average molecular weight is 850 g/mol. The number of carboxylic acid groups (broad SMARTS) is 2. The number of aliphatic carboxylic acids is 2. The van der Waals surface area contributed by atoms with Crippen LogP contribution in [-0.2, 0) is 70.7 Å². The summed E-state index contributed by atoms with van der Waals surface area (Å²) in [6, 6.07) is 10.9. The third kappa shape index (κ3) is 10.7. The Morgan fingerprint density at radius 2 is 1.51 bits per heavy atom. The van der Waals surface area contributed by atoms with Crippen LogP contribution in [0.3, 0.4) is 0 Å². The van der Waals surface area contributed by atoms with Crippen molar-refractivity contribution in [1.29, 1.82) is 0 Å². The molecular formula is C40H53N2O12S3+. The van der Waals surface area contributed by atoms with Crippen molar-refractivity contribution in [3.05, 3.63) is 89.2 Å². The molecular weight excluding hydrogens is 797 g/mol. The molecule has 3 atom stereocenters. The number of nitrogens with zero attached hydrogens (tertiary/aromatic N) is 2. The van der Waals surface area contributed by atoms with Gasteiger partial charge in [0.25, 0.3) is 20.2 Å². The summed E-state index contributed by atoms with van der Waals surface area (Å²) >= 11 is -1.69. The van der Waals surface area contributed by atoms with Gasteiger partial charge in [0.2, 0.25) is 5.69 Å². The summed E-state index contributed by atoms with van der Waals surface area (Å²) in [5.41, 5.74) is 4.29. The van der Waals surface area contributed by atoms with Crippen LogP contribution in [-0.4, -0.2) is 99.4 Å². The molecule has 2 aliphatic rings. The molecule has 0 amide bonds. The molecule has 0 aromatic heterocycles. The van der Waals surface area contributed by atoms with Crippen LogP contribution in [0.4, 0.5) is 11.4 Å². The third-order valence-corrected chi connectivity index (χ3v) is 14.2. The Morgan fingerprint density at radius 1 is 0.842 bits per heavy atom. The van der Waals surface area contributed by atoms with E-state index in [2.05, 4.69) is 9.08 Å². The van der Waals surface area contributed by atoms with E-state index in [1.165, 1.54) is 7.11 Å². The lowest BCUT2D eigenvalue weighted by Gasteiger charge is -2.30. The van der Waals surface area contributed by atoms with E-state index in [1.54, 1.807) is 12.1 Å². The summed E-state index contributed by atoms with van der Waals surface area (Å²) in [6.07, 6.45) is 11.0. The van der Waals surface area contributed by atoms with Gasteiger partial charge in [-0.25, -0.2) is 4.21 Å². The first-order valence-corrected chi connectivity index (χ1v) is 22.8. The number of carboxylic acids is 2. The molecule has 312 valence electrons. The third-order valence-electron chi connectivity index (χ3n) is 10.7. The van der Waals surface area contributed by atoms with Crippen molar-refractivity contribution in [2.45, 2.75) is 81.4 Å². The maximum Gasteiger partial charge on any atom is 0.307 e. The number of hydrogen-bond acceptors (Lipinski definition) is 11. The molecule has 0 saturated carbocycles. The van der Waals surface area contributed by atoms with Gasteiger partial charge in [0, 0.05) is 53.9 Å². The van der Waals surface area contributed by atoms with Gasteiger partial charge in [-0.15, -0.1) is 0 Å². The first-order chi connectivity index (χ1) is 26.9. The van der Waals surface area contributed by atoms with Gasteiger partial charge < -0.3 is 15.1 Å². The van der Waals surface area contributed by atoms with Crippen LogP contribution >= 0.6 is 0 Å². The normalized spacial score (nSPS) is 20.9. The second kappa shape index (κ2) is 19.2. The molecule has 14 nitrogen and oxygen atoms in total. The topological polar surface area (TPSA) is 194 Å². The van der Waals surface area contributed by atoms with Crippen LogP contribution in [0.2, 0.25) is 0 Å². The molecule has 0 radical (unpaired) electrons. The van der Waals surface area contributed by atoms with Crippen LogP contribution in [0.15, 0.2) is 77.4 Å². The summed E-state index contributed by atoms with van der Waals surface area (Å²) in [5.74, 6) is -2.31. The standard InChI is InChI=1S/C40H52N2O12S3/c1-7-41-33-20-18-30(55(47)52-4)28-32(33)40(3,22-12-24-56(48,49)53-5)35(41)14-9-8-10-15-36-39(2,21-11-16-37(43)44)31-26-29(27-38(45)46)17-19-34(31)42(36)23-13-25-57(50,51)54-6/h8-10,14-15,17-20,26,28H,7,11-13,16,21-25,27H2,1-6H3,(H-,43,44,45,46)/p+1. The lowest BCUT2D eigenvalue weighted by Crippen LogP contribution is -2.32. The predicted molar refractivity (Wildman–Crippen MR) is 218 cm³/mol. The molecule has 2 N–H and O–H groups in total. The van der Waals surface area contributed by atoms with Crippen LogP contribution in [0.1, 0.15) is 76.0 Å². The first kappa shape index (κ1) is 45.7. The Kier molecular flexibility index (Phi) is 15.4.